The van der Waals surface area contributed by atoms with Crippen molar-refractivity contribution in [3.63, 3.8) is 0 Å². The number of pyridine rings is 1. The molecule has 4 heteroatoms. The van der Waals surface area contributed by atoms with Gasteiger partial charge < -0.3 is 4.98 Å². The summed E-state index contributed by atoms with van der Waals surface area (Å²) in [6.07, 6.45) is 0. The first-order valence-electron chi connectivity index (χ1n) is 5.43. The molecule has 0 spiro atoms. The Hall–Kier alpha value is -1.35. The minimum atomic E-state index is -0.449. The van der Waals surface area contributed by atoms with Crippen LogP contribution in [-0.2, 0) is 0 Å². The van der Waals surface area contributed by atoms with E-state index in [1.807, 2.05) is 20.8 Å². The average molecular weight is 254 g/mol. The first kappa shape index (κ1) is 12.1. The van der Waals surface area contributed by atoms with Crippen LogP contribution in [0.25, 0.3) is 10.9 Å². The maximum atomic E-state index is 13.2. The van der Waals surface area contributed by atoms with Crippen LogP contribution in [0.15, 0.2) is 16.9 Å². The van der Waals surface area contributed by atoms with E-state index in [4.69, 9.17) is 11.6 Å². The van der Waals surface area contributed by atoms with Gasteiger partial charge in [-0.25, -0.2) is 4.39 Å². The molecular weight excluding hydrogens is 241 g/mol. The van der Waals surface area contributed by atoms with Gasteiger partial charge in [-0.2, -0.15) is 0 Å². The Morgan fingerprint density at radius 1 is 1.35 bits per heavy atom. The summed E-state index contributed by atoms with van der Waals surface area (Å²) in [5, 5.41) is 0.519. The van der Waals surface area contributed by atoms with Crippen LogP contribution in [0.3, 0.4) is 0 Å². The maximum Gasteiger partial charge on any atom is 0.194 e. The Bertz CT molecular complexity index is 646. The molecule has 1 heterocycles. The monoisotopic (exact) mass is 253 g/mol. The molecule has 0 aliphatic heterocycles. The van der Waals surface area contributed by atoms with E-state index in [0.29, 0.717) is 16.5 Å². The molecule has 0 radical (unpaired) electrons. The fraction of sp³-hybridized carbons (Fsp3) is 0.308. The smallest absolute Gasteiger partial charge is 0.194 e. The molecule has 90 valence electrons. The summed E-state index contributed by atoms with van der Waals surface area (Å²) in [5.74, 6) is -0.348. The Balaban J connectivity index is 2.98. The first-order valence-corrected chi connectivity index (χ1v) is 5.81. The molecule has 1 aromatic carbocycles. The summed E-state index contributed by atoms with van der Waals surface area (Å²) in [4.78, 5) is 15.3. The van der Waals surface area contributed by atoms with Gasteiger partial charge in [-0.15, -0.1) is 0 Å². The van der Waals surface area contributed by atoms with E-state index in [1.165, 1.54) is 12.1 Å². The van der Waals surface area contributed by atoms with Gasteiger partial charge in [0.15, 0.2) is 5.43 Å². The fourth-order valence-electron chi connectivity index (χ4n) is 2.17. The van der Waals surface area contributed by atoms with Crippen LogP contribution in [0, 0.1) is 12.7 Å². The second kappa shape index (κ2) is 4.15. The van der Waals surface area contributed by atoms with Gasteiger partial charge in [0.05, 0.1) is 15.9 Å². The highest BCUT2D eigenvalue weighted by atomic mass is 35.5. The van der Waals surface area contributed by atoms with E-state index in [1.54, 1.807) is 0 Å². The number of benzene rings is 1. The Morgan fingerprint density at radius 3 is 2.59 bits per heavy atom. The van der Waals surface area contributed by atoms with Crippen molar-refractivity contribution in [2.45, 2.75) is 26.7 Å². The standard InChI is InChI=1S/C13H13ClFNO/c1-6(2)11-7(3)16-10-5-8(15)4-9(14)12(10)13(11)17/h4-6H,1-3H3,(H,16,17). The zero-order chi connectivity index (χ0) is 12.7. The molecule has 1 aromatic heterocycles. The number of H-pyrrole nitrogens is 1. The van der Waals surface area contributed by atoms with E-state index in [9.17, 15) is 9.18 Å². The highest BCUT2D eigenvalue weighted by Gasteiger charge is 2.15. The van der Waals surface area contributed by atoms with Crippen molar-refractivity contribution in [3.05, 3.63) is 44.5 Å². The van der Waals surface area contributed by atoms with Gasteiger partial charge in [-0.3, -0.25) is 4.79 Å². The highest BCUT2D eigenvalue weighted by molar-refractivity contribution is 6.35. The van der Waals surface area contributed by atoms with Crippen LogP contribution in [0.1, 0.15) is 31.0 Å². The molecule has 17 heavy (non-hydrogen) atoms. The van der Waals surface area contributed by atoms with Crippen molar-refractivity contribution < 1.29 is 4.39 Å². The summed E-state index contributed by atoms with van der Waals surface area (Å²) < 4.78 is 13.2. The third kappa shape index (κ3) is 1.95. The molecule has 0 fully saturated rings. The van der Waals surface area contributed by atoms with Crippen LogP contribution >= 0.6 is 11.6 Å². The number of aromatic nitrogens is 1. The van der Waals surface area contributed by atoms with Crippen LogP contribution < -0.4 is 5.43 Å². The lowest BCUT2D eigenvalue weighted by atomic mass is 9.99. The van der Waals surface area contributed by atoms with Crippen molar-refractivity contribution >= 4 is 22.5 Å². The van der Waals surface area contributed by atoms with Gasteiger partial charge >= 0.3 is 0 Å². The van der Waals surface area contributed by atoms with E-state index in [-0.39, 0.29) is 16.4 Å². The molecule has 0 unspecified atom stereocenters. The van der Waals surface area contributed by atoms with Gasteiger partial charge in [0.25, 0.3) is 0 Å². The van der Waals surface area contributed by atoms with E-state index < -0.39 is 5.82 Å². The molecule has 1 N–H and O–H groups in total. The lowest BCUT2D eigenvalue weighted by Crippen LogP contribution is -2.15. The summed E-state index contributed by atoms with van der Waals surface area (Å²) in [5.41, 5.74) is 1.79. The number of fused-ring (bicyclic) bond motifs is 1. The second-order valence-corrected chi connectivity index (χ2v) is 4.86. The molecule has 0 saturated heterocycles. The van der Waals surface area contributed by atoms with Gasteiger partial charge in [0, 0.05) is 11.3 Å². The Labute approximate surface area is 103 Å². The highest BCUT2D eigenvalue weighted by Crippen LogP contribution is 2.24. The van der Waals surface area contributed by atoms with Crippen LogP contribution in [0.5, 0.6) is 0 Å². The van der Waals surface area contributed by atoms with Crippen molar-refractivity contribution in [1.82, 2.24) is 4.98 Å². The van der Waals surface area contributed by atoms with Gasteiger partial charge in [0.1, 0.15) is 5.82 Å². The third-order valence-corrected chi connectivity index (χ3v) is 3.13. The summed E-state index contributed by atoms with van der Waals surface area (Å²) in [6.45, 7) is 5.71. The fourth-order valence-corrected chi connectivity index (χ4v) is 2.46. The van der Waals surface area contributed by atoms with Crippen LogP contribution in [-0.4, -0.2) is 4.98 Å². The summed E-state index contributed by atoms with van der Waals surface area (Å²) in [6, 6.07) is 2.46. The number of aryl methyl sites for hydroxylation is 1. The number of aromatic amines is 1. The largest absolute Gasteiger partial charge is 0.358 e. The van der Waals surface area contributed by atoms with Crippen molar-refractivity contribution in [2.24, 2.45) is 0 Å². The quantitative estimate of drug-likeness (QED) is 0.825. The minimum Gasteiger partial charge on any atom is -0.358 e. The Kier molecular flexibility index (Phi) is 2.96. The first-order chi connectivity index (χ1) is 7.91. The van der Waals surface area contributed by atoms with Crippen molar-refractivity contribution in [1.29, 1.82) is 0 Å². The average Bonchev–Trinajstić information content (AvgIpc) is 2.13. The van der Waals surface area contributed by atoms with Gasteiger partial charge in [0.2, 0.25) is 0 Å². The van der Waals surface area contributed by atoms with E-state index in [2.05, 4.69) is 4.98 Å². The lowest BCUT2D eigenvalue weighted by Gasteiger charge is -2.11. The van der Waals surface area contributed by atoms with E-state index >= 15 is 0 Å². The predicted molar refractivity (Wildman–Crippen MR) is 68.4 cm³/mol. The summed E-state index contributed by atoms with van der Waals surface area (Å²) >= 11 is 5.94. The number of hydrogen-bond acceptors (Lipinski definition) is 1. The number of halogens is 2. The normalized spacial score (nSPS) is 11.4. The number of nitrogens with one attached hydrogen (secondary N) is 1. The van der Waals surface area contributed by atoms with E-state index in [0.717, 1.165) is 5.69 Å². The molecule has 2 aromatic rings. The molecule has 0 aliphatic carbocycles. The summed E-state index contributed by atoms with van der Waals surface area (Å²) in [7, 11) is 0. The number of rotatable bonds is 1. The van der Waals surface area contributed by atoms with Crippen LogP contribution in [0.4, 0.5) is 4.39 Å². The second-order valence-electron chi connectivity index (χ2n) is 4.46. The molecule has 2 rings (SSSR count). The topological polar surface area (TPSA) is 32.9 Å². The molecule has 2 nitrogen and oxygen atoms in total. The molecule has 0 amide bonds. The van der Waals surface area contributed by atoms with Gasteiger partial charge in [-0.1, -0.05) is 25.4 Å². The zero-order valence-electron chi connectivity index (χ0n) is 9.90. The molecule has 0 bridgehead atoms. The lowest BCUT2D eigenvalue weighted by molar-refractivity contribution is 0.629. The van der Waals surface area contributed by atoms with Crippen molar-refractivity contribution in [3.8, 4) is 0 Å². The third-order valence-electron chi connectivity index (χ3n) is 2.83. The zero-order valence-corrected chi connectivity index (χ0v) is 10.7. The maximum absolute atomic E-state index is 13.2. The molecular formula is C13H13ClFNO. The van der Waals surface area contributed by atoms with Crippen molar-refractivity contribution in [2.75, 3.05) is 0 Å². The SMILES string of the molecule is Cc1[nH]c2cc(F)cc(Cl)c2c(=O)c1C(C)C. The minimum absolute atomic E-state index is 0.101. The van der Waals surface area contributed by atoms with Crippen LogP contribution in [0.2, 0.25) is 5.02 Å². The van der Waals surface area contributed by atoms with Gasteiger partial charge in [-0.05, 0) is 25.0 Å². The molecule has 0 saturated carbocycles. The molecule has 0 aliphatic rings. The molecule has 0 atom stereocenters. The Morgan fingerprint density at radius 2 is 2.00 bits per heavy atom. The number of hydrogen-bond donors (Lipinski definition) is 1. The predicted octanol–water partition coefficient (Wildman–Crippen LogP) is 3.75.